The van der Waals surface area contributed by atoms with Gasteiger partial charge in [0.15, 0.2) is 0 Å². The minimum Gasteiger partial charge on any atom is -0.369 e. The number of rotatable bonds is 4. The van der Waals surface area contributed by atoms with Gasteiger partial charge in [0.2, 0.25) is 5.95 Å². The van der Waals surface area contributed by atoms with Crippen LogP contribution in [-0.2, 0) is 11.0 Å². The number of hydrogen-bond acceptors (Lipinski definition) is 7. The minimum atomic E-state index is -4.60. The van der Waals surface area contributed by atoms with E-state index in [0.29, 0.717) is 35.7 Å². The summed E-state index contributed by atoms with van der Waals surface area (Å²) in [4.78, 5) is 39.8. The van der Waals surface area contributed by atoms with Gasteiger partial charge in [-0.2, -0.15) is 18.4 Å². The van der Waals surface area contributed by atoms with Crippen LogP contribution in [0.4, 0.5) is 24.9 Å². The highest BCUT2D eigenvalue weighted by atomic mass is 19.4. The summed E-state index contributed by atoms with van der Waals surface area (Å²) in [6.45, 7) is 2.61. The molecule has 4 heterocycles. The summed E-state index contributed by atoms with van der Waals surface area (Å²) in [7, 11) is 0. The molecule has 0 spiro atoms. The number of fused-ring (bicyclic) bond motifs is 1. The Morgan fingerprint density at radius 2 is 1.93 bits per heavy atom. The molecule has 1 aliphatic heterocycles. The fourth-order valence-electron chi connectivity index (χ4n) is 4.97. The normalized spacial score (nSPS) is 15.0. The van der Waals surface area contributed by atoms with Gasteiger partial charge >= 0.3 is 6.18 Å². The van der Waals surface area contributed by atoms with Crippen molar-refractivity contribution in [1.82, 2.24) is 24.3 Å². The number of anilines is 2. The SMILES string of the molecule is CC#CC(=O)N1CCCC(c2nc(-c3ccc(C(=O)Nc4cc(C(F)(F)F)ccn4)cc3C#N)n3c(N)nccc23)C1. The van der Waals surface area contributed by atoms with Crippen LogP contribution in [0, 0.1) is 23.2 Å². The molecule has 3 aromatic heterocycles. The van der Waals surface area contributed by atoms with E-state index in [1.807, 2.05) is 0 Å². The Balaban J connectivity index is 1.50. The summed E-state index contributed by atoms with van der Waals surface area (Å²) >= 11 is 0. The van der Waals surface area contributed by atoms with Crippen molar-refractivity contribution in [3.05, 3.63) is 71.2 Å². The molecule has 2 amide bonds. The molecule has 0 saturated carbocycles. The number of aromatic nitrogens is 4. The Labute approximate surface area is 238 Å². The summed E-state index contributed by atoms with van der Waals surface area (Å²) in [5.74, 6) is 4.25. The van der Waals surface area contributed by atoms with Crippen LogP contribution in [0.25, 0.3) is 16.9 Å². The monoisotopic (exact) mass is 572 g/mol. The number of alkyl halides is 3. The number of imidazole rings is 1. The number of nitriles is 1. The molecule has 5 rings (SSSR count). The molecule has 4 aromatic rings. The summed E-state index contributed by atoms with van der Waals surface area (Å²) < 4.78 is 40.8. The molecule has 1 aromatic carbocycles. The number of halogens is 3. The first-order valence-electron chi connectivity index (χ1n) is 12.8. The van der Waals surface area contributed by atoms with Crippen molar-refractivity contribution in [3.8, 4) is 29.3 Å². The standard InChI is InChI=1S/C29H23F3N8O2/c1-2-4-24(41)39-12-3-5-18(16-39)25-22-9-11-36-28(34)40(22)26(38-25)21-7-6-17(13-19(21)15-33)27(42)37-23-14-20(8-10-35-23)29(30,31)32/h6-11,13-14,18H,3,5,12,16H2,1H3,(H2,34,36)(H,35,37,42). The molecule has 3 N–H and O–H groups in total. The largest absolute Gasteiger partial charge is 0.416 e. The highest BCUT2D eigenvalue weighted by Crippen LogP contribution is 2.35. The lowest BCUT2D eigenvalue weighted by Crippen LogP contribution is -2.38. The van der Waals surface area contributed by atoms with Crippen molar-refractivity contribution in [2.45, 2.75) is 31.9 Å². The van der Waals surface area contributed by atoms with Crippen molar-refractivity contribution in [2.75, 3.05) is 24.1 Å². The lowest BCUT2D eigenvalue weighted by atomic mass is 9.94. The van der Waals surface area contributed by atoms with E-state index in [4.69, 9.17) is 10.7 Å². The van der Waals surface area contributed by atoms with Crippen LogP contribution in [-0.4, -0.2) is 49.2 Å². The van der Waals surface area contributed by atoms with Gasteiger partial charge in [0.1, 0.15) is 11.6 Å². The summed E-state index contributed by atoms with van der Waals surface area (Å²) in [5, 5.41) is 12.3. The Hall–Kier alpha value is -5.43. The van der Waals surface area contributed by atoms with Crippen LogP contribution in [0.3, 0.4) is 0 Å². The lowest BCUT2D eigenvalue weighted by Gasteiger charge is -2.30. The van der Waals surface area contributed by atoms with E-state index in [-0.39, 0.29) is 34.7 Å². The van der Waals surface area contributed by atoms with E-state index in [0.717, 1.165) is 31.2 Å². The number of carbonyl (C=O) groups excluding carboxylic acids is 2. The van der Waals surface area contributed by atoms with E-state index in [9.17, 15) is 28.0 Å². The Bertz CT molecular complexity index is 1810. The molecule has 13 heteroatoms. The number of likely N-dealkylation sites (tertiary alicyclic amines) is 1. The number of amides is 2. The van der Waals surface area contributed by atoms with Crippen molar-refractivity contribution in [2.24, 2.45) is 0 Å². The summed E-state index contributed by atoms with van der Waals surface area (Å²) in [5.41, 5.74) is 7.11. The van der Waals surface area contributed by atoms with E-state index in [1.54, 1.807) is 28.5 Å². The zero-order chi connectivity index (χ0) is 30.0. The fourth-order valence-corrected chi connectivity index (χ4v) is 4.97. The van der Waals surface area contributed by atoms with Crippen LogP contribution in [0.5, 0.6) is 0 Å². The number of nitrogens with one attached hydrogen (secondary N) is 1. The topological polar surface area (TPSA) is 142 Å². The molecule has 1 unspecified atom stereocenters. The first-order valence-corrected chi connectivity index (χ1v) is 12.8. The van der Waals surface area contributed by atoms with Crippen molar-refractivity contribution in [3.63, 3.8) is 0 Å². The van der Waals surface area contributed by atoms with E-state index in [2.05, 4.69) is 33.2 Å². The molecule has 0 bridgehead atoms. The first kappa shape index (κ1) is 28.1. The van der Waals surface area contributed by atoms with E-state index >= 15 is 0 Å². The van der Waals surface area contributed by atoms with Gasteiger partial charge in [-0.05, 0) is 62.1 Å². The van der Waals surface area contributed by atoms with Crippen molar-refractivity contribution >= 4 is 29.1 Å². The summed E-state index contributed by atoms with van der Waals surface area (Å²) in [6, 6.07) is 9.60. The third-order valence-electron chi connectivity index (χ3n) is 6.91. The smallest absolute Gasteiger partial charge is 0.369 e. The summed E-state index contributed by atoms with van der Waals surface area (Å²) in [6.07, 6.45) is -0.583. The zero-order valence-electron chi connectivity index (χ0n) is 22.2. The number of hydrogen-bond donors (Lipinski definition) is 2. The van der Waals surface area contributed by atoms with Gasteiger partial charge in [-0.3, -0.25) is 14.0 Å². The number of pyridine rings is 1. The van der Waals surface area contributed by atoms with Crippen molar-refractivity contribution in [1.29, 1.82) is 5.26 Å². The van der Waals surface area contributed by atoms with Crippen LogP contribution >= 0.6 is 0 Å². The molecule has 10 nitrogen and oxygen atoms in total. The highest BCUT2D eigenvalue weighted by molar-refractivity contribution is 6.04. The van der Waals surface area contributed by atoms with Crippen LogP contribution in [0.15, 0.2) is 48.8 Å². The molecule has 1 aliphatic rings. The predicted molar refractivity (Wildman–Crippen MR) is 147 cm³/mol. The molecule has 1 saturated heterocycles. The molecule has 212 valence electrons. The van der Waals surface area contributed by atoms with Crippen LogP contribution < -0.4 is 11.1 Å². The number of benzene rings is 1. The zero-order valence-corrected chi connectivity index (χ0v) is 22.2. The molecule has 1 fully saturated rings. The number of nitrogens with two attached hydrogens (primary N) is 1. The Morgan fingerprint density at radius 1 is 1.14 bits per heavy atom. The van der Waals surface area contributed by atoms with Crippen molar-refractivity contribution < 1.29 is 22.8 Å². The lowest BCUT2D eigenvalue weighted by molar-refractivity contribution is -0.137. The molecule has 1 atom stereocenters. The second-order valence-electron chi connectivity index (χ2n) is 9.56. The van der Waals surface area contributed by atoms with Gasteiger partial charge in [-0.25, -0.2) is 15.0 Å². The minimum absolute atomic E-state index is 0.0279. The quantitative estimate of drug-likeness (QED) is 0.348. The fraction of sp³-hybridized carbons (Fsp3) is 0.241. The maximum absolute atomic E-state index is 13.1. The van der Waals surface area contributed by atoms with Gasteiger partial charge in [0.05, 0.1) is 28.4 Å². The average molecular weight is 573 g/mol. The number of nitrogen functional groups attached to an aromatic ring is 1. The Morgan fingerprint density at radius 3 is 2.67 bits per heavy atom. The van der Waals surface area contributed by atoms with E-state index in [1.165, 1.54) is 18.2 Å². The average Bonchev–Trinajstić information content (AvgIpc) is 3.37. The molecular weight excluding hydrogens is 549 g/mol. The molecular formula is C29H23F3N8O2. The molecule has 0 radical (unpaired) electrons. The van der Waals surface area contributed by atoms with Gasteiger partial charge in [-0.1, -0.05) is 5.92 Å². The number of carbonyl (C=O) groups is 2. The van der Waals surface area contributed by atoms with Gasteiger partial charge in [0, 0.05) is 42.5 Å². The maximum Gasteiger partial charge on any atom is 0.416 e. The van der Waals surface area contributed by atoms with E-state index < -0.39 is 17.6 Å². The van der Waals surface area contributed by atoms with Crippen LogP contribution in [0.2, 0.25) is 0 Å². The predicted octanol–water partition coefficient (Wildman–Crippen LogP) is 4.25. The third-order valence-corrected chi connectivity index (χ3v) is 6.91. The second-order valence-corrected chi connectivity index (χ2v) is 9.56. The first-order chi connectivity index (χ1) is 20.1. The third kappa shape index (κ3) is 5.45. The van der Waals surface area contributed by atoms with Gasteiger partial charge < -0.3 is 16.0 Å². The van der Waals surface area contributed by atoms with Gasteiger partial charge in [-0.15, -0.1) is 0 Å². The van der Waals surface area contributed by atoms with Gasteiger partial charge in [0.25, 0.3) is 11.8 Å². The Kier molecular flexibility index (Phi) is 7.51. The molecule has 42 heavy (non-hydrogen) atoms. The number of piperidine rings is 1. The number of nitrogens with zero attached hydrogens (tertiary/aromatic N) is 6. The van der Waals surface area contributed by atoms with Crippen LogP contribution in [0.1, 0.15) is 52.9 Å². The molecule has 0 aliphatic carbocycles. The second kappa shape index (κ2) is 11.2. The maximum atomic E-state index is 13.1. The highest BCUT2D eigenvalue weighted by Gasteiger charge is 2.31.